The van der Waals surface area contributed by atoms with Crippen molar-refractivity contribution in [2.45, 2.75) is 86.8 Å². The van der Waals surface area contributed by atoms with Crippen molar-refractivity contribution in [1.29, 1.82) is 0 Å². The Morgan fingerprint density at radius 2 is 1.76 bits per heavy atom. The summed E-state index contributed by atoms with van der Waals surface area (Å²) in [6, 6.07) is 0.628. The van der Waals surface area contributed by atoms with Crippen molar-refractivity contribution in [2.75, 3.05) is 6.54 Å². The fraction of sp³-hybridized carbons (Fsp3) is 0.875. The van der Waals surface area contributed by atoms with Crippen LogP contribution >= 0.6 is 23.1 Å². The topological polar surface area (TPSA) is 37.8 Å². The highest BCUT2D eigenvalue weighted by molar-refractivity contribution is 8.01. The zero-order chi connectivity index (χ0) is 14.8. The number of hydrogen-bond donors (Lipinski definition) is 1. The highest BCUT2D eigenvalue weighted by Crippen LogP contribution is 2.32. The van der Waals surface area contributed by atoms with Crippen LogP contribution < -0.4 is 5.32 Å². The lowest BCUT2D eigenvalue weighted by Crippen LogP contribution is -2.38. The van der Waals surface area contributed by atoms with E-state index in [1.54, 1.807) is 11.3 Å². The molecule has 0 spiro atoms. The molecule has 1 aromatic rings. The molecule has 1 aromatic heterocycles. The molecule has 0 aliphatic heterocycles. The maximum atomic E-state index is 4.24. The zero-order valence-corrected chi connectivity index (χ0v) is 14.9. The maximum absolute atomic E-state index is 4.24. The van der Waals surface area contributed by atoms with Crippen LogP contribution in [0.4, 0.5) is 0 Å². The first-order chi connectivity index (χ1) is 10.4. The van der Waals surface area contributed by atoms with E-state index in [9.17, 15) is 0 Å². The third kappa shape index (κ3) is 6.66. The van der Waals surface area contributed by atoms with E-state index in [4.69, 9.17) is 0 Å². The molecule has 0 amide bonds. The third-order valence-electron chi connectivity index (χ3n) is 4.26. The summed E-state index contributed by atoms with van der Waals surface area (Å²) < 4.78 is 1.13. The number of nitrogens with zero attached hydrogens (tertiary/aromatic N) is 2. The van der Waals surface area contributed by atoms with Gasteiger partial charge in [-0.25, -0.2) is 0 Å². The van der Waals surface area contributed by atoms with Gasteiger partial charge in [0.25, 0.3) is 0 Å². The van der Waals surface area contributed by atoms with E-state index in [-0.39, 0.29) is 0 Å². The molecule has 1 heterocycles. The van der Waals surface area contributed by atoms with Gasteiger partial charge in [0.05, 0.1) is 0 Å². The van der Waals surface area contributed by atoms with Crippen molar-refractivity contribution in [3.8, 4) is 0 Å². The molecule has 1 saturated carbocycles. The van der Waals surface area contributed by atoms with Crippen LogP contribution in [0.2, 0.25) is 0 Å². The molecule has 3 nitrogen and oxygen atoms in total. The van der Waals surface area contributed by atoms with Gasteiger partial charge in [0, 0.05) is 11.3 Å². The summed E-state index contributed by atoms with van der Waals surface area (Å²) in [5.74, 6) is 0. The SMILES string of the molecule is CCNC1CCCCCCCCCCC1Sc1nncs1. The molecule has 2 atom stereocenters. The van der Waals surface area contributed by atoms with Crippen LogP contribution in [0.3, 0.4) is 0 Å². The van der Waals surface area contributed by atoms with E-state index in [1.165, 1.54) is 64.2 Å². The number of thioether (sulfide) groups is 1. The van der Waals surface area contributed by atoms with E-state index in [0.29, 0.717) is 11.3 Å². The summed E-state index contributed by atoms with van der Waals surface area (Å²) in [7, 11) is 0. The number of hydrogen-bond acceptors (Lipinski definition) is 5. The van der Waals surface area contributed by atoms with Crippen molar-refractivity contribution in [1.82, 2.24) is 15.5 Å². The van der Waals surface area contributed by atoms with Gasteiger partial charge in [0.1, 0.15) is 5.51 Å². The Balaban J connectivity index is 1.95. The lowest BCUT2D eigenvalue weighted by atomic mass is 9.97. The number of nitrogens with one attached hydrogen (secondary N) is 1. The van der Waals surface area contributed by atoms with Gasteiger partial charge in [-0.15, -0.1) is 10.2 Å². The summed E-state index contributed by atoms with van der Waals surface area (Å²) in [5, 5.41) is 12.6. The van der Waals surface area contributed by atoms with E-state index >= 15 is 0 Å². The highest BCUT2D eigenvalue weighted by Gasteiger charge is 2.22. The second kappa shape index (κ2) is 10.6. The van der Waals surface area contributed by atoms with Crippen LogP contribution in [0.1, 0.15) is 71.1 Å². The predicted molar refractivity (Wildman–Crippen MR) is 93.2 cm³/mol. The fourth-order valence-electron chi connectivity index (χ4n) is 3.14. The Bertz CT molecular complexity index is 356. The van der Waals surface area contributed by atoms with Gasteiger partial charge in [-0.05, 0) is 19.4 Å². The molecule has 120 valence electrons. The summed E-state index contributed by atoms with van der Waals surface area (Å²) in [6.07, 6.45) is 13.9. The lowest BCUT2D eigenvalue weighted by molar-refractivity contribution is 0.420. The Morgan fingerprint density at radius 3 is 2.38 bits per heavy atom. The van der Waals surface area contributed by atoms with Crippen molar-refractivity contribution < 1.29 is 0 Å². The van der Waals surface area contributed by atoms with E-state index in [1.807, 2.05) is 17.3 Å². The number of rotatable bonds is 4. The third-order valence-corrected chi connectivity index (χ3v) is 6.47. The normalized spacial score (nSPS) is 26.0. The van der Waals surface area contributed by atoms with Crippen molar-refractivity contribution in [2.24, 2.45) is 0 Å². The van der Waals surface area contributed by atoms with Gasteiger partial charge >= 0.3 is 0 Å². The van der Waals surface area contributed by atoms with E-state index in [2.05, 4.69) is 22.4 Å². The van der Waals surface area contributed by atoms with Gasteiger partial charge in [0.15, 0.2) is 4.34 Å². The van der Waals surface area contributed by atoms with Crippen LogP contribution in [0.25, 0.3) is 0 Å². The largest absolute Gasteiger partial charge is 0.313 e. The lowest BCUT2D eigenvalue weighted by Gasteiger charge is -2.27. The minimum absolute atomic E-state index is 0.628. The van der Waals surface area contributed by atoms with E-state index < -0.39 is 0 Å². The minimum atomic E-state index is 0.628. The van der Waals surface area contributed by atoms with Gasteiger partial charge in [0.2, 0.25) is 0 Å². The monoisotopic (exact) mass is 327 g/mol. The van der Waals surface area contributed by atoms with Crippen molar-refractivity contribution >= 4 is 23.1 Å². The van der Waals surface area contributed by atoms with Gasteiger partial charge in [-0.3, -0.25) is 0 Å². The molecule has 0 saturated heterocycles. The summed E-state index contributed by atoms with van der Waals surface area (Å²) in [6.45, 7) is 3.29. The molecule has 2 unspecified atom stereocenters. The maximum Gasteiger partial charge on any atom is 0.174 e. The summed E-state index contributed by atoms with van der Waals surface area (Å²) >= 11 is 3.63. The minimum Gasteiger partial charge on any atom is -0.313 e. The van der Waals surface area contributed by atoms with Crippen LogP contribution in [0.5, 0.6) is 0 Å². The standard InChI is InChI=1S/C16H29N3S2/c1-2-17-14-11-9-7-5-3-4-6-8-10-12-15(14)21-16-19-18-13-20-16/h13-15,17H,2-12H2,1H3. The fourth-order valence-corrected chi connectivity index (χ4v) is 5.17. The van der Waals surface area contributed by atoms with Crippen LogP contribution in [0.15, 0.2) is 9.85 Å². The molecule has 2 rings (SSSR count). The van der Waals surface area contributed by atoms with Crippen LogP contribution in [-0.2, 0) is 0 Å². The first-order valence-corrected chi connectivity index (χ1v) is 10.3. The zero-order valence-electron chi connectivity index (χ0n) is 13.2. The van der Waals surface area contributed by atoms with Crippen molar-refractivity contribution in [3.63, 3.8) is 0 Å². The molecule has 0 bridgehead atoms. The van der Waals surface area contributed by atoms with E-state index in [0.717, 1.165) is 10.9 Å². The molecule has 1 N–H and O–H groups in total. The van der Waals surface area contributed by atoms with Crippen LogP contribution in [0, 0.1) is 0 Å². The Labute approximate surface area is 137 Å². The molecular weight excluding hydrogens is 298 g/mol. The molecule has 0 aromatic carbocycles. The second-order valence-corrected chi connectivity index (χ2v) is 8.25. The first-order valence-electron chi connectivity index (χ1n) is 8.56. The van der Waals surface area contributed by atoms with Crippen molar-refractivity contribution in [3.05, 3.63) is 5.51 Å². The number of aromatic nitrogens is 2. The Hall–Kier alpha value is -0.130. The predicted octanol–water partition coefficient (Wildman–Crippen LogP) is 4.89. The molecule has 21 heavy (non-hydrogen) atoms. The molecule has 1 aliphatic rings. The molecule has 1 fully saturated rings. The van der Waals surface area contributed by atoms with Gasteiger partial charge < -0.3 is 5.32 Å². The summed E-state index contributed by atoms with van der Waals surface area (Å²) in [4.78, 5) is 0. The average molecular weight is 328 g/mol. The molecule has 1 aliphatic carbocycles. The Morgan fingerprint density at radius 1 is 1.10 bits per heavy atom. The van der Waals surface area contributed by atoms with Crippen LogP contribution in [-0.4, -0.2) is 28.0 Å². The second-order valence-electron chi connectivity index (χ2n) is 5.93. The van der Waals surface area contributed by atoms with Gasteiger partial charge in [-0.1, -0.05) is 81.4 Å². The first kappa shape index (κ1) is 17.2. The average Bonchev–Trinajstić information content (AvgIpc) is 2.98. The Kier molecular flexibility index (Phi) is 8.67. The molecule has 0 radical (unpaired) electrons. The summed E-state index contributed by atoms with van der Waals surface area (Å²) in [5.41, 5.74) is 1.85. The highest BCUT2D eigenvalue weighted by atomic mass is 32.2. The quantitative estimate of drug-likeness (QED) is 0.854. The smallest absolute Gasteiger partial charge is 0.174 e. The van der Waals surface area contributed by atoms with Gasteiger partial charge in [-0.2, -0.15) is 0 Å². The molecule has 5 heteroatoms. The molecular formula is C16H29N3S2.